The third-order valence-corrected chi connectivity index (χ3v) is 5.03. The van der Waals surface area contributed by atoms with Crippen LogP contribution in [-0.2, 0) is 4.79 Å². The van der Waals surface area contributed by atoms with Gasteiger partial charge in [-0.15, -0.1) is 10.2 Å². The number of hydrogen-bond acceptors (Lipinski definition) is 5. The van der Waals surface area contributed by atoms with Gasteiger partial charge in [0.25, 0.3) is 5.91 Å². The van der Waals surface area contributed by atoms with E-state index in [4.69, 9.17) is 0 Å². The van der Waals surface area contributed by atoms with E-state index in [-0.39, 0.29) is 17.3 Å². The molecule has 2 aromatic carbocycles. The van der Waals surface area contributed by atoms with Crippen LogP contribution in [0.5, 0.6) is 5.88 Å². The molecular weight excluding hydrogens is 418 g/mol. The summed E-state index contributed by atoms with van der Waals surface area (Å²) in [5.74, 6) is -0.449. The molecule has 0 saturated heterocycles. The number of nitrogens with zero attached hydrogens (tertiary/aromatic N) is 3. The highest BCUT2D eigenvalue weighted by molar-refractivity contribution is 9.10. The first kappa shape index (κ1) is 16.8. The molecule has 0 fully saturated rings. The number of aromatic nitrogens is 3. The Bertz CT molecular complexity index is 1120. The monoisotopic (exact) mass is 429 g/mol. The van der Waals surface area contributed by atoms with Crippen molar-refractivity contribution in [2.75, 3.05) is 5.75 Å². The van der Waals surface area contributed by atoms with Crippen molar-refractivity contribution in [3.63, 3.8) is 0 Å². The van der Waals surface area contributed by atoms with Gasteiger partial charge in [0.2, 0.25) is 5.88 Å². The van der Waals surface area contributed by atoms with Gasteiger partial charge in [0.15, 0.2) is 10.8 Å². The quantitative estimate of drug-likeness (QED) is 0.316. The lowest BCUT2D eigenvalue weighted by molar-refractivity contribution is -0.115. The maximum absolute atomic E-state index is 12.0. The largest absolute Gasteiger partial charge is 0.493 e. The number of para-hydroxylation sites is 2. The summed E-state index contributed by atoms with van der Waals surface area (Å²) in [5.41, 5.74) is 2.71. The average Bonchev–Trinajstić information content (AvgIpc) is 3.18. The van der Waals surface area contributed by atoms with Crippen LogP contribution in [0, 0.1) is 0 Å². The zero-order chi connectivity index (χ0) is 18.1. The van der Waals surface area contributed by atoms with Crippen LogP contribution in [0.1, 0.15) is 0 Å². The minimum atomic E-state index is -0.417. The molecule has 9 heteroatoms. The summed E-state index contributed by atoms with van der Waals surface area (Å²) in [6.45, 7) is 0. The van der Waals surface area contributed by atoms with Gasteiger partial charge in [-0.2, -0.15) is 0 Å². The van der Waals surface area contributed by atoms with Gasteiger partial charge in [0.1, 0.15) is 0 Å². The molecule has 26 heavy (non-hydrogen) atoms. The number of imidazole rings is 1. The number of nitrogens with one attached hydrogen (secondary N) is 2. The Morgan fingerprint density at radius 2 is 2.04 bits per heavy atom. The number of hydrogen-bond donors (Lipinski definition) is 3. The number of rotatable bonds is 4. The SMILES string of the molecule is O=C(CSc1nc2ccccc2[nH]1)N=Nc1c(O)[nH]c2ccc(Br)cc12. The molecule has 0 atom stereocenters. The molecule has 0 aliphatic rings. The number of benzene rings is 2. The molecule has 0 unspecified atom stereocenters. The summed E-state index contributed by atoms with van der Waals surface area (Å²) in [5, 5.41) is 18.9. The van der Waals surface area contributed by atoms with Crippen molar-refractivity contribution in [3.8, 4) is 5.88 Å². The Morgan fingerprint density at radius 3 is 2.88 bits per heavy atom. The zero-order valence-corrected chi connectivity index (χ0v) is 15.6. The smallest absolute Gasteiger partial charge is 0.275 e. The normalized spacial score (nSPS) is 11.7. The average molecular weight is 430 g/mol. The first-order valence-corrected chi connectivity index (χ1v) is 9.40. The Hall–Kier alpha value is -2.65. The number of halogens is 1. The second kappa shape index (κ2) is 6.93. The third-order valence-electron chi connectivity index (χ3n) is 3.68. The summed E-state index contributed by atoms with van der Waals surface area (Å²) in [4.78, 5) is 22.3. The van der Waals surface area contributed by atoms with E-state index in [2.05, 4.69) is 41.1 Å². The number of carbonyl (C=O) groups excluding carboxylic acids is 1. The van der Waals surface area contributed by atoms with E-state index in [9.17, 15) is 9.90 Å². The molecule has 0 aliphatic heterocycles. The van der Waals surface area contributed by atoms with E-state index in [1.807, 2.05) is 30.3 Å². The number of fused-ring (bicyclic) bond motifs is 2. The molecule has 4 rings (SSSR count). The summed E-state index contributed by atoms with van der Waals surface area (Å²) in [7, 11) is 0. The van der Waals surface area contributed by atoms with E-state index in [0.29, 0.717) is 16.1 Å². The van der Waals surface area contributed by atoms with Crippen LogP contribution < -0.4 is 0 Å². The summed E-state index contributed by atoms with van der Waals surface area (Å²) < 4.78 is 0.840. The van der Waals surface area contributed by atoms with E-state index in [1.54, 1.807) is 12.1 Å². The lowest BCUT2D eigenvalue weighted by Crippen LogP contribution is -1.95. The number of aromatic amines is 2. The molecule has 2 aromatic heterocycles. The molecule has 3 N–H and O–H groups in total. The molecule has 0 aliphatic carbocycles. The van der Waals surface area contributed by atoms with E-state index < -0.39 is 5.91 Å². The van der Waals surface area contributed by atoms with E-state index >= 15 is 0 Å². The number of amides is 1. The number of azo groups is 1. The predicted molar refractivity (Wildman–Crippen MR) is 104 cm³/mol. The van der Waals surface area contributed by atoms with Crippen molar-refractivity contribution >= 4 is 61.2 Å². The molecule has 7 nitrogen and oxygen atoms in total. The number of aromatic hydroxyl groups is 1. The molecule has 0 radical (unpaired) electrons. The molecule has 130 valence electrons. The van der Waals surface area contributed by atoms with Crippen LogP contribution in [0.4, 0.5) is 5.69 Å². The van der Waals surface area contributed by atoms with Crippen molar-refractivity contribution in [1.29, 1.82) is 0 Å². The molecular formula is C17H12BrN5O2S. The van der Waals surface area contributed by atoms with Crippen LogP contribution >= 0.6 is 27.7 Å². The van der Waals surface area contributed by atoms with Gasteiger partial charge in [0, 0.05) is 9.86 Å². The van der Waals surface area contributed by atoms with Gasteiger partial charge in [-0.25, -0.2) is 4.98 Å². The van der Waals surface area contributed by atoms with Crippen molar-refractivity contribution < 1.29 is 9.90 Å². The Balaban J connectivity index is 1.47. The fourth-order valence-electron chi connectivity index (χ4n) is 2.50. The van der Waals surface area contributed by atoms with E-state index in [1.165, 1.54) is 11.8 Å². The second-order valence-electron chi connectivity index (χ2n) is 5.45. The molecule has 2 heterocycles. The summed E-state index contributed by atoms with van der Waals surface area (Å²) in [6, 6.07) is 13.1. The molecule has 1 amide bonds. The van der Waals surface area contributed by atoms with Crippen molar-refractivity contribution in [1.82, 2.24) is 15.0 Å². The predicted octanol–water partition coefficient (Wildman–Crippen LogP) is 4.91. The number of H-pyrrole nitrogens is 2. The number of carbonyl (C=O) groups is 1. The highest BCUT2D eigenvalue weighted by Crippen LogP contribution is 2.36. The Labute approximate surface area is 160 Å². The fraction of sp³-hybridized carbons (Fsp3) is 0.0588. The molecule has 4 aromatic rings. The molecule has 0 bridgehead atoms. The minimum absolute atomic E-state index is 0.0934. The molecule has 0 spiro atoms. The highest BCUT2D eigenvalue weighted by Gasteiger charge is 2.12. The molecule has 0 saturated carbocycles. The fourth-order valence-corrected chi connectivity index (χ4v) is 3.52. The van der Waals surface area contributed by atoms with Gasteiger partial charge in [-0.1, -0.05) is 39.8 Å². The van der Waals surface area contributed by atoms with Crippen LogP contribution in [-0.4, -0.2) is 31.7 Å². The van der Waals surface area contributed by atoms with Crippen LogP contribution in [0.25, 0.3) is 21.9 Å². The first-order valence-electron chi connectivity index (χ1n) is 7.62. The van der Waals surface area contributed by atoms with Crippen LogP contribution in [0.3, 0.4) is 0 Å². The van der Waals surface area contributed by atoms with Crippen molar-refractivity contribution in [2.45, 2.75) is 5.16 Å². The highest BCUT2D eigenvalue weighted by atomic mass is 79.9. The van der Waals surface area contributed by atoms with Crippen molar-refractivity contribution in [3.05, 3.63) is 46.9 Å². The summed E-state index contributed by atoms with van der Waals surface area (Å²) in [6.07, 6.45) is 0. The van der Waals surface area contributed by atoms with Crippen LogP contribution in [0.2, 0.25) is 0 Å². The minimum Gasteiger partial charge on any atom is -0.493 e. The lowest BCUT2D eigenvalue weighted by Gasteiger charge is -1.94. The van der Waals surface area contributed by atoms with E-state index in [0.717, 1.165) is 15.5 Å². The van der Waals surface area contributed by atoms with Gasteiger partial charge in [-0.3, -0.25) is 4.79 Å². The number of thioether (sulfide) groups is 1. The Morgan fingerprint density at radius 1 is 1.19 bits per heavy atom. The second-order valence-corrected chi connectivity index (χ2v) is 7.33. The van der Waals surface area contributed by atoms with Gasteiger partial charge in [-0.05, 0) is 30.3 Å². The zero-order valence-electron chi connectivity index (χ0n) is 13.2. The first-order chi connectivity index (χ1) is 12.6. The Kier molecular flexibility index (Phi) is 4.48. The maximum Gasteiger partial charge on any atom is 0.275 e. The van der Waals surface area contributed by atoms with Crippen molar-refractivity contribution in [2.24, 2.45) is 10.2 Å². The topological polar surface area (TPSA) is 106 Å². The van der Waals surface area contributed by atoms with Crippen LogP contribution in [0.15, 0.2) is 62.3 Å². The van der Waals surface area contributed by atoms with Gasteiger partial charge in [0.05, 0.1) is 22.3 Å². The van der Waals surface area contributed by atoms with Gasteiger partial charge < -0.3 is 15.1 Å². The standard InChI is InChI=1S/C17H12BrN5O2S/c18-9-5-6-11-10(7-9)15(16(25)19-11)23-22-14(24)8-26-17-20-12-3-1-2-4-13(12)21-17/h1-7,19,25H,8H2,(H,20,21). The lowest BCUT2D eigenvalue weighted by atomic mass is 10.2. The maximum atomic E-state index is 12.0. The third kappa shape index (κ3) is 3.35. The van der Waals surface area contributed by atoms with Gasteiger partial charge >= 0.3 is 0 Å². The summed E-state index contributed by atoms with van der Waals surface area (Å²) >= 11 is 4.63.